The minimum absolute atomic E-state index is 0.206. The second-order valence-corrected chi connectivity index (χ2v) is 7.23. The zero-order valence-electron chi connectivity index (χ0n) is 9.17. The number of hydrogen-bond acceptors (Lipinski definition) is 4. The van der Waals surface area contributed by atoms with Crippen LogP contribution in [0.15, 0.2) is 46.0 Å². The number of thiophene rings is 1. The molecule has 0 radical (unpaired) electrons. The highest BCUT2D eigenvalue weighted by Gasteiger charge is 2.21. The second kappa shape index (κ2) is 5.22. The van der Waals surface area contributed by atoms with Crippen LogP contribution in [0, 0.1) is 0 Å². The Kier molecular flexibility index (Phi) is 3.85. The lowest BCUT2D eigenvalue weighted by molar-refractivity contribution is 0.102. The van der Waals surface area contributed by atoms with Crippen LogP contribution < -0.4 is 0 Å². The summed E-state index contributed by atoms with van der Waals surface area (Å²) in [5.74, 6) is -0.987. The maximum absolute atomic E-state index is 11.9. The van der Waals surface area contributed by atoms with Gasteiger partial charge < -0.3 is 0 Å². The first-order valence-electron chi connectivity index (χ1n) is 5.04. The van der Waals surface area contributed by atoms with Crippen LogP contribution in [0.4, 0.5) is 0 Å². The molecule has 0 aliphatic rings. The van der Waals surface area contributed by atoms with E-state index in [-0.39, 0.29) is 4.21 Å². The predicted octanol–water partition coefficient (Wildman–Crippen LogP) is 3.06. The first-order valence-corrected chi connectivity index (χ1v) is 7.95. The Bertz CT molecular complexity index is 660. The normalized spacial score (nSPS) is 11.4. The molecule has 0 unspecified atom stereocenters. The van der Waals surface area contributed by atoms with Crippen molar-refractivity contribution in [3.8, 4) is 0 Å². The molecule has 0 spiro atoms. The van der Waals surface area contributed by atoms with Crippen LogP contribution in [-0.4, -0.2) is 20.0 Å². The van der Waals surface area contributed by atoms with E-state index in [1.165, 1.54) is 12.1 Å². The Balaban J connectivity index is 2.23. The van der Waals surface area contributed by atoms with Gasteiger partial charge in [-0.25, -0.2) is 8.42 Å². The maximum Gasteiger partial charge on any atom is 0.195 e. The molecule has 0 aliphatic heterocycles. The van der Waals surface area contributed by atoms with Gasteiger partial charge in [-0.15, -0.1) is 11.3 Å². The molecule has 0 atom stereocenters. The van der Waals surface area contributed by atoms with Crippen LogP contribution in [0.25, 0.3) is 0 Å². The Morgan fingerprint density at radius 3 is 2.61 bits per heavy atom. The lowest BCUT2D eigenvalue weighted by Gasteiger charge is -2.02. The van der Waals surface area contributed by atoms with Crippen LogP contribution in [0.1, 0.15) is 10.4 Å². The highest BCUT2D eigenvalue weighted by molar-refractivity contribution is 7.94. The highest BCUT2D eigenvalue weighted by atomic mass is 35.5. The minimum Gasteiger partial charge on any atom is -0.293 e. The number of ketones is 1. The van der Waals surface area contributed by atoms with Crippen LogP contribution in [-0.2, 0) is 9.84 Å². The number of carbonyl (C=O) groups is 1. The maximum atomic E-state index is 11.9. The SMILES string of the molecule is O=C(CS(=O)(=O)c1cccs1)c1cccc(Cl)c1. The molecular formula is C12H9ClO3S2. The van der Waals surface area contributed by atoms with Crippen molar-refractivity contribution in [1.82, 2.24) is 0 Å². The van der Waals surface area contributed by atoms with E-state index in [9.17, 15) is 13.2 Å². The monoisotopic (exact) mass is 300 g/mol. The molecule has 18 heavy (non-hydrogen) atoms. The third-order valence-electron chi connectivity index (χ3n) is 2.27. The minimum atomic E-state index is -3.55. The van der Waals surface area contributed by atoms with Gasteiger partial charge in [0.25, 0.3) is 0 Å². The Morgan fingerprint density at radius 1 is 1.22 bits per heavy atom. The molecule has 1 aromatic heterocycles. The summed E-state index contributed by atoms with van der Waals surface area (Å²) < 4.78 is 24.0. The average Bonchev–Trinajstić information content (AvgIpc) is 2.82. The Hall–Kier alpha value is -1.17. The Morgan fingerprint density at radius 2 is 2.00 bits per heavy atom. The number of carbonyl (C=O) groups excluding carboxylic acids is 1. The molecular weight excluding hydrogens is 292 g/mol. The number of halogens is 1. The highest BCUT2D eigenvalue weighted by Crippen LogP contribution is 2.19. The smallest absolute Gasteiger partial charge is 0.195 e. The molecule has 6 heteroatoms. The van der Waals surface area contributed by atoms with Gasteiger partial charge in [-0.3, -0.25) is 4.79 Å². The van der Waals surface area contributed by atoms with Gasteiger partial charge in [-0.05, 0) is 23.6 Å². The third kappa shape index (κ3) is 2.98. The molecule has 0 saturated carbocycles. The van der Waals surface area contributed by atoms with Gasteiger partial charge in [-0.1, -0.05) is 29.8 Å². The van der Waals surface area contributed by atoms with Gasteiger partial charge in [0.15, 0.2) is 15.6 Å². The van der Waals surface area contributed by atoms with Crippen LogP contribution in [0.5, 0.6) is 0 Å². The zero-order valence-corrected chi connectivity index (χ0v) is 11.6. The summed E-state index contributed by atoms with van der Waals surface area (Å²) >= 11 is 6.86. The van der Waals surface area contributed by atoms with Crippen molar-refractivity contribution >= 4 is 38.6 Å². The summed E-state index contributed by atoms with van der Waals surface area (Å²) in [6, 6.07) is 9.40. The van der Waals surface area contributed by atoms with Crippen LogP contribution >= 0.6 is 22.9 Å². The van der Waals surface area contributed by atoms with Crippen molar-refractivity contribution in [2.75, 3.05) is 5.75 Å². The predicted molar refractivity (Wildman–Crippen MR) is 72.2 cm³/mol. The van der Waals surface area contributed by atoms with Crippen molar-refractivity contribution in [3.05, 3.63) is 52.4 Å². The summed E-state index contributed by atoms with van der Waals surface area (Å²) in [6.07, 6.45) is 0. The van der Waals surface area contributed by atoms with Gasteiger partial charge in [-0.2, -0.15) is 0 Å². The number of benzene rings is 1. The molecule has 2 rings (SSSR count). The van der Waals surface area contributed by atoms with E-state index >= 15 is 0 Å². The van der Waals surface area contributed by atoms with Crippen LogP contribution in [0.3, 0.4) is 0 Å². The van der Waals surface area contributed by atoms with E-state index in [1.54, 1.807) is 29.6 Å². The van der Waals surface area contributed by atoms with E-state index < -0.39 is 21.4 Å². The summed E-state index contributed by atoms with van der Waals surface area (Å²) in [4.78, 5) is 11.9. The molecule has 0 N–H and O–H groups in total. The number of Topliss-reactive ketones (excluding diaryl/α,β-unsaturated/α-hetero) is 1. The van der Waals surface area contributed by atoms with E-state index in [1.807, 2.05) is 0 Å². The van der Waals surface area contributed by atoms with Crippen molar-refractivity contribution in [1.29, 1.82) is 0 Å². The zero-order chi connectivity index (χ0) is 13.2. The molecule has 0 bridgehead atoms. The molecule has 3 nitrogen and oxygen atoms in total. The lowest BCUT2D eigenvalue weighted by atomic mass is 10.1. The fourth-order valence-corrected chi connectivity index (χ4v) is 3.94. The summed E-state index contributed by atoms with van der Waals surface area (Å²) in [7, 11) is -3.55. The van der Waals surface area contributed by atoms with Crippen molar-refractivity contribution < 1.29 is 13.2 Å². The van der Waals surface area contributed by atoms with Gasteiger partial charge in [0.05, 0.1) is 0 Å². The topological polar surface area (TPSA) is 51.2 Å². The molecule has 0 amide bonds. The van der Waals surface area contributed by atoms with Gasteiger partial charge in [0.1, 0.15) is 9.96 Å². The fourth-order valence-electron chi connectivity index (χ4n) is 1.43. The van der Waals surface area contributed by atoms with Gasteiger partial charge in [0, 0.05) is 10.6 Å². The summed E-state index contributed by atoms with van der Waals surface area (Å²) in [5, 5.41) is 2.07. The first-order chi connectivity index (χ1) is 8.49. The Labute approximate surface area is 114 Å². The van der Waals surface area contributed by atoms with E-state index in [4.69, 9.17) is 11.6 Å². The number of sulfone groups is 1. The number of rotatable bonds is 4. The molecule has 0 saturated heterocycles. The lowest BCUT2D eigenvalue weighted by Crippen LogP contribution is -2.15. The van der Waals surface area contributed by atoms with Crippen molar-refractivity contribution in [2.24, 2.45) is 0 Å². The first kappa shape index (κ1) is 13.3. The van der Waals surface area contributed by atoms with Crippen LogP contribution in [0.2, 0.25) is 5.02 Å². The van der Waals surface area contributed by atoms with Gasteiger partial charge in [0.2, 0.25) is 0 Å². The third-order valence-corrected chi connectivity index (χ3v) is 5.61. The molecule has 0 fully saturated rings. The number of hydrogen-bond donors (Lipinski definition) is 0. The summed E-state index contributed by atoms with van der Waals surface area (Å²) in [5.41, 5.74) is 0.308. The summed E-state index contributed by atoms with van der Waals surface area (Å²) in [6.45, 7) is 0. The van der Waals surface area contributed by atoms with E-state index in [0.717, 1.165) is 11.3 Å². The quantitative estimate of drug-likeness (QED) is 0.815. The average molecular weight is 301 g/mol. The molecule has 2 aromatic rings. The van der Waals surface area contributed by atoms with Crippen molar-refractivity contribution in [3.63, 3.8) is 0 Å². The van der Waals surface area contributed by atoms with E-state index in [2.05, 4.69) is 0 Å². The molecule has 0 aliphatic carbocycles. The molecule has 1 heterocycles. The second-order valence-electron chi connectivity index (χ2n) is 3.62. The van der Waals surface area contributed by atoms with Crippen molar-refractivity contribution in [2.45, 2.75) is 4.21 Å². The standard InChI is InChI=1S/C12H9ClO3S2/c13-10-4-1-3-9(7-10)11(14)8-18(15,16)12-5-2-6-17-12/h1-7H,8H2. The molecule has 94 valence electrons. The van der Waals surface area contributed by atoms with Gasteiger partial charge >= 0.3 is 0 Å². The van der Waals surface area contributed by atoms with E-state index in [0.29, 0.717) is 10.6 Å². The molecule has 1 aromatic carbocycles. The largest absolute Gasteiger partial charge is 0.293 e. The fraction of sp³-hybridized carbons (Fsp3) is 0.0833.